The zero-order chi connectivity index (χ0) is 23.6. The van der Waals surface area contributed by atoms with Crippen molar-refractivity contribution >= 4 is 32.6 Å². The van der Waals surface area contributed by atoms with Crippen LogP contribution in [-0.4, -0.2) is 71.0 Å². The number of methoxy groups -OCH3 is 2. The van der Waals surface area contributed by atoms with E-state index in [-0.39, 0.29) is 17.2 Å². The molecule has 0 unspecified atom stereocenters. The van der Waals surface area contributed by atoms with Gasteiger partial charge in [0.15, 0.2) is 0 Å². The summed E-state index contributed by atoms with van der Waals surface area (Å²) in [6.45, 7) is 2.18. The van der Waals surface area contributed by atoms with Gasteiger partial charge in [0, 0.05) is 43.2 Å². The number of likely N-dealkylation sites (N-methyl/N-ethyl adjacent to an activating group) is 1. The van der Waals surface area contributed by atoms with Crippen molar-refractivity contribution in [2.75, 3.05) is 52.8 Å². The summed E-state index contributed by atoms with van der Waals surface area (Å²) in [6, 6.07) is 9.89. The third kappa shape index (κ3) is 4.82. The van der Waals surface area contributed by atoms with E-state index in [1.807, 2.05) is 13.1 Å². The third-order valence-electron chi connectivity index (χ3n) is 5.76. The number of carbonyl (C=O) groups is 1. The number of nitrogens with one attached hydrogen (secondary N) is 1. The lowest BCUT2D eigenvalue weighted by Crippen LogP contribution is -2.47. The minimum atomic E-state index is -3.68. The van der Waals surface area contributed by atoms with Crippen molar-refractivity contribution in [2.45, 2.75) is 11.3 Å². The predicted octanol–water partition coefficient (Wildman–Crippen LogP) is 2.57. The molecule has 1 amide bonds. The minimum Gasteiger partial charge on any atom is -0.497 e. The smallest absolute Gasteiger partial charge is 0.243 e. The van der Waals surface area contributed by atoms with Gasteiger partial charge in [-0.3, -0.25) is 4.79 Å². The summed E-state index contributed by atoms with van der Waals surface area (Å²) in [5.41, 5.74) is 1.63. The van der Waals surface area contributed by atoms with E-state index in [4.69, 9.17) is 13.9 Å². The summed E-state index contributed by atoms with van der Waals surface area (Å²) >= 11 is 0. The first-order chi connectivity index (χ1) is 15.8. The number of amides is 1. The fraction of sp³-hybridized carbons (Fsp3) is 0.348. The number of rotatable bonds is 7. The lowest BCUT2D eigenvalue weighted by Gasteiger charge is -2.31. The Morgan fingerprint density at radius 2 is 1.82 bits per heavy atom. The average Bonchev–Trinajstić information content (AvgIpc) is 3.20. The molecule has 0 atom stereocenters. The number of fused-ring (bicyclic) bond motifs is 1. The molecule has 2 aromatic carbocycles. The number of piperazine rings is 1. The van der Waals surface area contributed by atoms with Gasteiger partial charge in [-0.15, -0.1) is 0 Å². The van der Waals surface area contributed by atoms with Crippen LogP contribution in [0.4, 0.5) is 5.69 Å². The molecular formula is C23H27N3O6S. The molecule has 9 nitrogen and oxygen atoms in total. The van der Waals surface area contributed by atoms with Gasteiger partial charge >= 0.3 is 0 Å². The molecule has 33 heavy (non-hydrogen) atoms. The third-order valence-corrected chi connectivity index (χ3v) is 7.65. The van der Waals surface area contributed by atoms with E-state index in [1.165, 1.54) is 29.8 Å². The van der Waals surface area contributed by atoms with Gasteiger partial charge in [0.2, 0.25) is 15.9 Å². The lowest BCUT2D eigenvalue weighted by atomic mass is 10.1. The number of carbonyl (C=O) groups excluding carboxylic acids is 1. The highest BCUT2D eigenvalue weighted by Gasteiger charge is 2.28. The quantitative estimate of drug-likeness (QED) is 0.563. The number of hydrogen-bond acceptors (Lipinski definition) is 7. The van der Waals surface area contributed by atoms with Gasteiger partial charge in [-0.1, -0.05) is 0 Å². The number of benzene rings is 2. The SMILES string of the molecule is COc1ccc2c(CC(=O)Nc3cc(S(=O)(=O)N4CCN(C)CC4)ccc3OC)coc2c1. The van der Waals surface area contributed by atoms with Gasteiger partial charge in [0.1, 0.15) is 17.1 Å². The zero-order valence-electron chi connectivity index (χ0n) is 18.8. The maximum absolute atomic E-state index is 13.1. The van der Waals surface area contributed by atoms with Crippen molar-refractivity contribution in [1.82, 2.24) is 9.21 Å². The molecule has 10 heteroatoms. The van der Waals surface area contributed by atoms with Crippen LogP contribution in [0.3, 0.4) is 0 Å². The molecule has 176 valence electrons. The van der Waals surface area contributed by atoms with Crippen molar-refractivity contribution in [2.24, 2.45) is 0 Å². The molecule has 1 fully saturated rings. The van der Waals surface area contributed by atoms with Gasteiger partial charge < -0.3 is 24.1 Å². The van der Waals surface area contributed by atoms with Crippen molar-refractivity contribution in [3.63, 3.8) is 0 Å². The molecule has 0 saturated carbocycles. The van der Waals surface area contributed by atoms with Gasteiger partial charge in [-0.2, -0.15) is 4.31 Å². The van der Waals surface area contributed by atoms with Crippen LogP contribution < -0.4 is 14.8 Å². The van der Waals surface area contributed by atoms with Crippen LogP contribution >= 0.6 is 0 Å². The fourth-order valence-electron chi connectivity index (χ4n) is 3.82. The number of nitrogens with zero attached hydrogens (tertiary/aromatic N) is 2. The number of furan rings is 1. The maximum atomic E-state index is 13.1. The van der Waals surface area contributed by atoms with Gasteiger partial charge in [0.05, 0.1) is 37.5 Å². The molecule has 1 aromatic heterocycles. The van der Waals surface area contributed by atoms with E-state index in [0.29, 0.717) is 54.5 Å². The highest BCUT2D eigenvalue weighted by Crippen LogP contribution is 2.30. The fourth-order valence-corrected chi connectivity index (χ4v) is 5.27. The van der Waals surface area contributed by atoms with Crippen LogP contribution in [0.25, 0.3) is 11.0 Å². The Kier molecular flexibility index (Phi) is 6.59. The average molecular weight is 474 g/mol. The normalized spacial score (nSPS) is 15.5. The molecule has 2 heterocycles. The molecular weight excluding hydrogens is 446 g/mol. The number of hydrogen-bond donors (Lipinski definition) is 1. The van der Waals surface area contributed by atoms with E-state index in [2.05, 4.69) is 10.2 Å². The first-order valence-electron chi connectivity index (χ1n) is 10.5. The highest BCUT2D eigenvalue weighted by atomic mass is 32.2. The topological polar surface area (TPSA) is 101 Å². The second kappa shape index (κ2) is 9.42. The summed E-state index contributed by atoms with van der Waals surface area (Å²) in [5.74, 6) is 0.722. The summed E-state index contributed by atoms with van der Waals surface area (Å²) in [4.78, 5) is 15.0. The Balaban J connectivity index is 1.54. The first-order valence-corrected chi connectivity index (χ1v) is 12.0. The van der Waals surface area contributed by atoms with Crippen molar-refractivity contribution < 1.29 is 27.1 Å². The lowest BCUT2D eigenvalue weighted by molar-refractivity contribution is -0.115. The van der Waals surface area contributed by atoms with E-state index in [9.17, 15) is 13.2 Å². The molecule has 0 bridgehead atoms. The Labute approximate surface area is 192 Å². The van der Waals surface area contributed by atoms with Crippen molar-refractivity contribution in [3.8, 4) is 11.5 Å². The molecule has 3 aromatic rings. The Hall–Kier alpha value is -3.08. The molecule has 0 radical (unpaired) electrons. The molecule has 1 N–H and O–H groups in total. The summed E-state index contributed by atoms with van der Waals surface area (Å²) in [6.07, 6.45) is 1.59. The van der Waals surface area contributed by atoms with Crippen LogP contribution in [0, 0.1) is 0 Å². The molecule has 0 spiro atoms. The monoisotopic (exact) mass is 473 g/mol. The van der Waals surface area contributed by atoms with Crippen molar-refractivity contribution in [3.05, 3.63) is 48.2 Å². The van der Waals surface area contributed by atoms with E-state index in [1.54, 1.807) is 25.3 Å². The Bertz CT molecular complexity index is 1260. The van der Waals surface area contributed by atoms with Crippen LogP contribution in [0.1, 0.15) is 5.56 Å². The minimum absolute atomic E-state index is 0.0535. The standard InChI is InChI=1S/C23H27N3O6S/c1-25-8-10-26(11-9-25)33(28,29)18-5-7-21(31-3)20(14-18)24-23(27)12-16-15-32-22-13-17(30-2)4-6-19(16)22/h4-7,13-15H,8-12H2,1-3H3,(H,24,27). The van der Waals surface area contributed by atoms with Crippen LogP contribution in [0.15, 0.2) is 52.0 Å². The van der Waals surface area contributed by atoms with Gasteiger partial charge in [-0.05, 0) is 37.4 Å². The predicted molar refractivity (Wildman–Crippen MR) is 124 cm³/mol. The van der Waals surface area contributed by atoms with Crippen LogP contribution in [0.2, 0.25) is 0 Å². The Morgan fingerprint density at radius 3 is 2.52 bits per heavy atom. The van der Waals surface area contributed by atoms with Crippen molar-refractivity contribution in [1.29, 1.82) is 0 Å². The van der Waals surface area contributed by atoms with Gasteiger partial charge in [0.25, 0.3) is 0 Å². The van der Waals surface area contributed by atoms with Crippen LogP contribution in [-0.2, 0) is 21.2 Å². The van der Waals surface area contributed by atoms with E-state index in [0.717, 1.165) is 5.39 Å². The maximum Gasteiger partial charge on any atom is 0.243 e. The summed E-state index contributed by atoms with van der Waals surface area (Å²) in [5, 5.41) is 3.60. The molecule has 0 aliphatic carbocycles. The second-order valence-corrected chi connectivity index (χ2v) is 9.86. The van der Waals surface area contributed by atoms with E-state index >= 15 is 0 Å². The second-order valence-electron chi connectivity index (χ2n) is 7.92. The number of anilines is 1. The Morgan fingerprint density at radius 1 is 1.06 bits per heavy atom. The first kappa shape index (κ1) is 23.1. The largest absolute Gasteiger partial charge is 0.497 e. The molecule has 1 aliphatic rings. The molecule has 1 saturated heterocycles. The summed E-state index contributed by atoms with van der Waals surface area (Å²) < 4.78 is 43.8. The molecule has 1 aliphatic heterocycles. The highest BCUT2D eigenvalue weighted by molar-refractivity contribution is 7.89. The van der Waals surface area contributed by atoms with Gasteiger partial charge in [-0.25, -0.2) is 8.42 Å². The zero-order valence-corrected chi connectivity index (χ0v) is 19.6. The number of sulfonamides is 1. The molecule has 4 rings (SSSR count). The number of ether oxygens (including phenoxy) is 2. The van der Waals surface area contributed by atoms with E-state index < -0.39 is 10.0 Å². The van der Waals surface area contributed by atoms with Crippen LogP contribution in [0.5, 0.6) is 11.5 Å². The summed E-state index contributed by atoms with van der Waals surface area (Å²) in [7, 11) is 1.32.